The van der Waals surface area contributed by atoms with E-state index in [1.54, 1.807) is 29.3 Å². The number of nitrogens with zero attached hydrogens (tertiary/aromatic N) is 4. The van der Waals surface area contributed by atoms with Crippen LogP contribution in [0, 0.1) is 6.92 Å². The second-order valence-electron chi connectivity index (χ2n) is 7.43. The van der Waals surface area contributed by atoms with Crippen molar-refractivity contribution < 1.29 is 14.2 Å². The smallest absolute Gasteiger partial charge is 0.227 e. The largest absolute Gasteiger partial charge is 0.496 e. The molecule has 1 aliphatic rings. The molecule has 4 heterocycles. The highest BCUT2D eigenvalue weighted by molar-refractivity contribution is 7.19. The summed E-state index contributed by atoms with van der Waals surface area (Å²) in [5.74, 6) is 2.06. The lowest BCUT2D eigenvalue weighted by Gasteiger charge is -2.15. The third-order valence-corrected chi connectivity index (χ3v) is 6.23. The molecule has 0 radical (unpaired) electrons. The van der Waals surface area contributed by atoms with Crippen LogP contribution in [0.2, 0.25) is 0 Å². The van der Waals surface area contributed by atoms with Gasteiger partial charge >= 0.3 is 0 Å². The molecule has 31 heavy (non-hydrogen) atoms. The summed E-state index contributed by atoms with van der Waals surface area (Å²) in [5.41, 5.74) is 3.75. The Morgan fingerprint density at radius 2 is 2.19 bits per heavy atom. The van der Waals surface area contributed by atoms with Crippen LogP contribution < -0.4 is 14.8 Å². The molecule has 4 aromatic rings. The van der Waals surface area contributed by atoms with Crippen molar-refractivity contribution in [2.45, 2.75) is 19.4 Å². The zero-order valence-corrected chi connectivity index (χ0v) is 18.4. The van der Waals surface area contributed by atoms with Crippen molar-refractivity contribution >= 4 is 33.2 Å². The summed E-state index contributed by atoms with van der Waals surface area (Å²) in [6, 6.07) is 5.95. The zero-order chi connectivity index (χ0) is 21.4. The van der Waals surface area contributed by atoms with Crippen molar-refractivity contribution in [3.63, 3.8) is 0 Å². The van der Waals surface area contributed by atoms with Crippen molar-refractivity contribution in [2.24, 2.45) is 7.05 Å². The van der Waals surface area contributed by atoms with Gasteiger partial charge in [-0.25, -0.2) is 9.97 Å². The number of hydrogen-bond acceptors (Lipinski definition) is 8. The van der Waals surface area contributed by atoms with Crippen LogP contribution in [0.1, 0.15) is 11.3 Å². The molecule has 9 heteroatoms. The van der Waals surface area contributed by atoms with E-state index in [2.05, 4.69) is 22.3 Å². The lowest BCUT2D eigenvalue weighted by Crippen LogP contribution is -2.15. The fraction of sp³-hybridized carbons (Fsp3) is 0.318. The van der Waals surface area contributed by atoms with Crippen molar-refractivity contribution in [2.75, 3.05) is 25.6 Å². The van der Waals surface area contributed by atoms with Crippen LogP contribution in [0.4, 0.5) is 11.6 Å². The molecule has 0 bridgehead atoms. The SMILES string of the molecule is COc1cc(O[C@H]2CCOC2)ccc1-c1c(C)sc2cnc(Nc3cnn(C)c3)nc12. The molecule has 0 spiro atoms. The fourth-order valence-electron chi connectivity index (χ4n) is 3.75. The highest BCUT2D eigenvalue weighted by atomic mass is 32.1. The standard InChI is InChI=1S/C22H23N5O3S/c1-13-20(17-5-4-15(8-18(17)28-3)30-16-6-7-29-12-16)21-19(31-13)10-23-22(26-21)25-14-9-24-27(2)11-14/h4-5,8-11,16H,6-7,12H2,1-3H3,(H,23,25,26)/t16-/m0/s1. The average molecular weight is 438 g/mol. The highest BCUT2D eigenvalue weighted by Gasteiger charge is 2.21. The number of aromatic nitrogens is 4. The van der Waals surface area contributed by atoms with Gasteiger partial charge in [0.15, 0.2) is 0 Å². The number of rotatable bonds is 6. The van der Waals surface area contributed by atoms with Gasteiger partial charge in [0, 0.05) is 41.7 Å². The Balaban J connectivity index is 1.52. The van der Waals surface area contributed by atoms with E-state index in [1.807, 2.05) is 37.6 Å². The second-order valence-corrected chi connectivity index (χ2v) is 8.69. The Bertz CT molecular complexity index is 1230. The van der Waals surface area contributed by atoms with Gasteiger partial charge in [-0.2, -0.15) is 5.10 Å². The second kappa shape index (κ2) is 8.16. The molecule has 160 valence electrons. The number of thiophene rings is 1. The van der Waals surface area contributed by atoms with E-state index >= 15 is 0 Å². The molecule has 1 atom stereocenters. The van der Waals surface area contributed by atoms with Gasteiger partial charge in [0.2, 0.25) is 5.95 Å². The first-order valence-corrected chi connectivity index (χ1v) is 10.9. The minimum atomic E-state index is 0.0909. The number of aryl methyl sites for hydroxylation is 2. The van der Waals surface area contributed by atoms with E-state index in [9.17, 15) is 0 Å². The van der Waals surface area contributed by atoms with Crippen LogP contribution in [0.25, 0.3) is 21.3 Å². The topological polar surface area (TPSA) is 83.3 Å². The molecule has 5 rings (SSSR count). The number of ether oxygens (including phenoxy) is 3. The molecule has 1 fully saturated rings. The highest BCUT2D eigenvalue weighted by Crippen LogP contribution is 2.42. The Hall–Kier alpha value is -3.17. The van der Waals surface area contributed by atoms with E-state index in [-0.39, 0.29) is 6.10 Å². The molecule has 3 aromatic heterocycles. The van der Waals surface area contributed by atoms with Gasteiger partial charge in [-0.15, -0.1) is 11.3 Å². The summed E-state index contributed by atoms with van der Waals surface area (Å²) in [7, 11) is 3.55. The van der Waals surface area contributed by atoms with E-state index < -0.39 is 0 Å². The van der Waals surface area contributed by atoms with Gasteiger partial charge in [0.05, 0.1) is 48.6 Å². The number of methoxy groups -OCH3 is 1. The van der Waals surface area contributed by atoms with Gasteiger partial charge in [-0.05, 0) is 19.1 Å². The van der Waals surface area contributed by atoms with E-state index in [4.69, 9.17) is 19.2 Å². The van der Waals surface area contributed by atoms with Crippen molar-refractivity contribution in [3.05, 3.63) is 41.7 Å². The zero-order valence-electron chi connectivity index (χ0n) is 17.6. The minimum Gasteiger partial charge on any atom is -0.496 e. The van der Waals surface area contributed by atoms with Gasteiger partial charge < -0.3 is 19.5 Å². The molecule has 0 aliphatic carbocycles. The van der Waals surface area contributed by atoms with Gasteiger partial charge in [-0.1, -0.05) is 0 Å². The maximum atomic E-state index is 6.05. The molecule has 0 amide bonds. The van der Waals surface area contributed by atoms with E-state index in [1.165, 1.54) is 0 Å². The minimum absolute atomic E-state index is 0.0909. The molecule has 1 aromatic carbocycles. The first-order chi connectivity index (χ1) is 15.1. The van der Waals surface area contributed by atoms with Gasteiger partial charge in [-0.3, -0.25) is 4.68 Å². The molecule has 1 aliphatic heterocycles. The summed E-state index contributed by atoms with van der Waals surface area (Å²) >= 11 is 1.67. The lowest BCUT2D eigenvalue weighted by molar-refractivity contribution is 0.141. The number of fused-ring (bicyclic) bond motifs is 1. The van der Waals surface area contributed by atoms with E-state index in [0.717, 1.165) is 56.4 Å². The lowest BCUT2D eigenvalue weighted by atomic mass is 10.0. The quantitative estimate of drug-likeness (QED) is 0.481. The Labute approximate surface area is 183 Å². The summed E-state index contributed by atoms with van der Waals surface area (Å²) < 4.78 is 19.9. The molecule has 1 N–H and O–H groups in total. The van der Waals surface area contributed by atoms with E-state index in [0.29, 0.717) is 12.6 Å². The molecule has 0 unspecified atom stereocenters. The Kier molecular flexibility index (Phi) is 5.21. The van der Waals surface area contributed by atoms with Crippen LogP contribution in [-0.4, -0.2) is 46.2 Å². The van der Waals surface area contributed by atoms with Crippen molar-refractivity contribution in [1.29, 1.82) is 0 Å². The normalized spacial score (nSPS) is 16.0. The molecular weight excluding hydrogens is 414 g/mol. The van der Waals surface area contributed by atoms with Gasteiger partial charge in [0.1, 0.15) is 17.6 Å². The summed E-state index contributed by atoms with van der Waals surface area (Å²) in [6.45, 7) is 3.46. The molecule has 0 saturated carbocycles. The monoisotopic (exact) mass is 437 g/mol. The predicted molar refractivity (Wildman–Crippen MR) is 120 cm³/mol. The summed E-state index contributed by atoms with van der Waals surface area (Å²) in [6.07, 6.45) is 6.47. The van der Waals surface area contributed by atoms with Crippen LogP contribution in [0.3, 0.4) is 0 Å². The predicted octanol–water partition coefficient (Wildman–Crippen LogP) is 4.32. The first-order valence-electron chi connectivity index (χ1n) is 10.1. The maximum absolute atomic E-state index is 6.05. The third-order valence-electron chi connectivity index (χ3n) is 5.20. The average Bonchev–Trinajstić information content (AvgIpc) is 3.49. The number of benzene rings is 1. The van der Waals surface area contributed by atoms with Crippen molar-refractivity contribution in [1.82, 2.24) is 19.7 Å². The third kappa shape index (κ3) is 3.94. The number of anilines is 2. The van der Waals surface area contributed by atoms with Crippen LogP contribution >= 0.6 is 11.3 Å². The Morgan fingerprint density at radius 3 is 2.94 bits per heavy atom. The summed E-state index contributed by atoms with van der Waals surface area (Å²) in [5, 5.41) is 7.40. The van der Waals surface area contributed by atoms with Crippen molar-refractivity contribution in [3.8, 4) is 22.6 Å². The van der Waals surface area contributed by atoms with Crippen LogP contribution in [0.15, 0.2) is 36.8 Å². The number of hydrogen-bond donors (Lipinski definition) is 1. The van der Waals surface area contributed by atoms with Crippen LogP contribution in [0.5, 0.6) is 11.5 Å². The molecule has 1 saturated heterocycles. The number of nitrogens with one attached hydrogen (secondary N) is 1. The molecule has 8 nitrogen and oxygen atoms in total. The first kappa shape index (κ1) is 19.8. The summed E-state index contributed by atoms with van der Waals surface area (Å²) in [4.78, 5) is 10.4. The Morgan fingerprint density at radius 1 is 1.29 bits per heavy atom. The fourth-order valence-corrected chi connectivity index (χ4v) is 4.74. The molecular formula is C22H23N5O3S. The maximum Gasteiger partial charge on any atom is 0.227 e. The van der Waals surface area contributed by atoms with Crippen LogP contribution in [-0.2, 0) is 11.8 Å². The van der Waals surface area contributed by atoms with Gasteiger partial charge in [0.25, 0.3) is 0 Å².